The maximum Gasteiger partial charge on any atom is 0.307 e. The number of carbonyl (C=O) groups is 1. The number of unbranched alkanes of at least 4 members (excludes halogenated alkanes) is 45. The van der Waals surface area contributed by atoms with Gasteiger partial charge in [-0.15, -0.1) is 0 Å². The first kappa shape index (κ1) is 72.3. The summed E-state index contributed by atoms with van der Waals surface area (Å²) in [7, 11) is 3.91. The minimum absolute atomic E-state index is 0.0101. The van der Waals surface area contributed by atoms with Crippen LogP contribution in [0, 0.1) is 0 Å². The van der Waals surface area contributed by atoms with Crippen molar-refractivity contribution in [3.05, 3.63) is 0 Å². The fourth-order valence-corrected chi connectivity index (χ4v) is 9.68. The lowest BCUT2D eigenvalue weighted by Crippen LogP contribution is -2.23. The number of nitrogens with zero attached hydrogens (tertiary/aromatic N) is 1. The molecule has 1 aliphatic heterocycles. The van der Waals surface area contributed by atoms with E-state index in [9.17, 15) is 4.79 Å². The molecule has 0 aromatic rings. The number of ether oxygens (including phenoxy) is 3. The van der Waals surface area contributed by atoms with Gasteiger partial charge >= 0.3 is 5.97 Å². The van der Waals surface area contributed by atoms with E-state index in [4.69, 9.17) is 24.4 Å². The van der Waals surface area contributed by atoms with E-state index in [1.165, 1.54) is 289 Å². The van der Waals surface area contributed by atoms with Gasteiger partial charge in [0.2, 0.25) is 0 Å². The maximum atomic E-state index is 11.7. The summed E-state index contributed by atoms with van der Waals surface area (Å²) >= 11 is 0. The number of rotatable bonds is 55. The minimum Gasteiger partial charge on any atom is -0.463 e. The molecule has 1 saturated heterocycles. The van der Waals surface area contributed by atoms with Gasteiger partial charge in [0.1, 0.15) is 6.61 Å². The smallest absolute Gasteiger partial charge is 0.307 e. The average molecular weight is 1010 g/mol. The molecule has 71 heavy (non-hydrogen) atoms. The van der Waals surface area contributed by atoms with E-state index >= 15 is 0 Å². The van der Waals surface area contributed by atoms with Gasteiger partial charge in [0, 0.05) is 32.8 Å². The summed E-state index contributed by atoms with van der Waals surface area (Å²) in [5.41, 5.74) is 0. The van der Waals surface area contributed by atoms with Crippen molar-refractivity contribution in [1.29, 1.82) is 0 Å². The molecule has 1 heterocycles. The number of hydrogen-bond acceptors (Lipinski definition) is 7. The summed E-state index contributed by atoms with van der Waals surface area (Å²) < 4.78 is 17.0. The monoisotopic (exact) mass is 1010 g/mol. The van der Waals surface area contributed by atoms with E-state index in [1.807, 2.05) is 19.0 Å². The molecule has 0 amide bonds. The van der Waals surface area contributed by atoms with Crippen molar-refractivity contribution in [3.8, 4) is 0 Å². The Balaban J connectivity index is 0. The lowest BCUT2D eigenvalue weighted by atomic mass is 10.0. The second kappa shape index (κ2) is 65.4. The second-order valence-corrected chi connectivity index (χ2v) is 22.2. The molecular weight excluding hydrogens is 879 g/mol. The van der Waals surface area contributed by atoms with Gasteiger partial charge in [-0.05, 0) is 39.8 Å². The van der Waals surface area contributed by atoms with E-state index in [0.29, 0.717) is 26.2 Å². The number of esters is 1. The molecule has 0 spiro atoms. The third-order valence-electron chi connectivity index (χ3n) is 14.6. The molecule has 0 saturated carbocycles. The zero-order chi connectivity index (χ0) is 52.0. The van der Waals surface area contributed by atoms with Crippen molar-refractivity contribution >= 4 is 5.97 Å². The highest BCUT2D eigenvalue weighted by molar-refractivity contribution is 5.69. The van der Waals surface area contributed by atoms with Crippen LogP contribution in [0.3, 0.4) is 0 Å². The third-order valence-corrected chi connectivity index (χ3v) is 14.6. The fourth-order valence-electron chi connectivity index (χ4n) is 9.68. The Morgan fingerprint density at radius 2 is 0.676 bits per heavy atom. The molecule has 0 unspecified atom stereocenters. The predicted molar refractivity (Wildman–Crippen MR) is 311 cm³/mol. The summed E-state index contributed by atoms with van der Waals surface area (Å²) in [6.45, 7) is 9.45. The summed E-state index contributed by atoms with van der Waals surface area (Å²) in [6, 6.07) is 0. The summed E-state index contributed by atoms with van der Waals surface area (Å²) in [6.07, 6.45) is 68.6. The van der Waals surface area contributed by atoms with Gasteiger partial charge in [-0.1, -0.05) is 310 Å². The van der Waals surface area contributed by atoms with E-state index in [0.717, 1.165) is 45.3 Å². The molecule has 1 rings (SSSR count). The molecule has 1 aliphatic rings. The van der Waals surface area contributed by atoms with Gasteiger partial charge in [0.25, 0.3) is 0 Å². The Morgan fingerprint density at radius 1 is 0.408 bits per heavy atom. The fraction of sp³-hybridized carbons (Fsp3) is 0.984. The lowest BCUT2D eigenvalue weighted by molar-refractivity contribution is -0.160. The van der Waals surface area contributed by atoms with Crippen LogP contribution >= 0.6 is 0 Å². The first-order valence-electron chi connectivity index (χ1n) is 32.2. The highest BCUT2D eigenvalue weighted by Crippen LogP contribution is 2.22. The number of aliphatic hydroxyl groups excluding tert-OH is 2. The van der Waals surface area contributed by atoms with Gasteiger partial charge in [-0.3, -0.25) is 4.79 Å². The summed E-state index contributed by atoms with van der Waals surface area (Å²) in [5.74, 6) is -0.148. The van der Waals surface area contributed by atoms with Gasteiger partial charge in [-0.25, -0.2) is 0 Å². The van der Waals surface area contributed by atoms with Crippen molar-refractivity contribution in [2.75, 3.05) is 47.1 Å². The molecule has 7 heteroatoms. The van der Waals surface area contributed by atoms with Crippen LogP contribution in [0.25, 0.3) is 0 Å². The van der Waals surface area contributed by atoms with E-state index in [-0.39, 0.29) is 18.4 Å². The van der Waals surface area contributed by atoms with Gasteiger partial charge in [0.15, 0.2) is 6.29 Å². The predicted octanol–water partition coefficient (Wildman–Crippen LogP) is 19.7. The Bertz CT molecular complexity index is 884. The topological polar surface area (TPSA) is 88.5 Å². The zero-order valence-corrected chi connectivity index (χ0v) is 49.2. The Hall–Kier alpha value is -0.730. The number of carbonyl (C=O) groups excluding carboxylic acids is 1. The molecule has 2 N–H and O–H groups in total. The van der Waals surface area contributed by atoms with E-state index in [1.54, 1.807) is 0 Å². The van der Waals surface area contributed by atoms with Crippen molar-refractivity contribution < 1.29 is 29.2 Å². The molecule has 0 aliphatic carbocycles. The standard InChI is InChI=1S/C28H55NO4.2C18H38O/c1-4-5-6-7-8-9-10-11-12-13-14-15-16-17-18-19-24-31-28-21-20-26(33-28)25-32-27(30)22-23-29(2)3;2*1-2-3-4-5-6-7-8-9-10-11-12-13-14-15-16-17-18-19/h26,28H,4-25H2,1-3H3;2*19H,2-18H2,1H3/t26-,28+;;/m0../s1. The van der Waals surface area contributed by atoms with Crippen LogP contribution in [-0.2, 0) is 19.0 Å². The minimum atomic E-state index is -0.148. The third kappa shape index (κ3) is 65.3. The van der Waals surface area contributed by atoms with Gasteiger partial charge in [0.05, 0.1) is 12.5 Å². The largest absolute Gasteiger partial charge is 0.463 e. The van der Waals surface area contributed by atoms with Crippen LogP contribution in [0.5, 0.6) is 0 Å². The Morgan fingerprint density at radius 3 is 0.944 bits per heavy atom. The lowest BCUT2D eigenvalue weighted by Gasteiger charge is -2.15. The number of hydrogen-bond donors (Lipinski definition) is 2. The van der Waals surface area contributed by atoms with Crippen molar-refractivity contribution in [2.45, 2.75) is 361 Å². The second-order valence-electron chi connectivity index (χ2n) is 22.2. The van der Waals surface area contributed by atoms with Crippen LogP contribution < -0.4 is 0 Å². The highest BCUT2D eigenvalue weighted by Gasteiger charge is 2.26. The molecule has 428 valence electrons. The average Bonchev–Trinajstić information content (AvgIpc) is 3.84. The first-order chi connectivity index (χ1) is 34.9. The number of aliphatic hydroxyl groups is 2. The van der Waals surface area contributed by atoms with Gasteiger partial charge < -0.3 is 29.3 Å². The van der Waals surface area contributed by atoms with Crippen LogP contribution in [0.1, 0.15) is 348 Å². The maximum absolute atomic E-state index is 11.7. The van der Waals surface area contributed by atoms with Crippen LogP contribution in [-0.4, -0.2) is 80.5 Å². The van der Waals surface area contributed by atoms with Crippen LogP contribution in [0.2, 0.25) is 0 Å². The highest BCUT2D eigenvalue weighted by atomic mass is 16.7. The first-order valence-corrected chi connectivity index (χ1v) is 32.2. The molecule has 0 radical (unpaired) electrons. The Labute approximate surface area is 446 Å². The normalized spacial score (nSPS) is 14.4. The summed E-state index contributed by atoms with van der Waals surface area (Å²) in [4.78, 5) is 13.7. The molecule has 7 nitrogen and oxygen atoms in total. The van der Waals surface area contributed by atoms with E-state index < -0.39 is 0 Å². The summed E-state index contributed by atoms with van der Waals surface area (Å²) in [5, 5.41) is 17.3. The SMILES string of the molecule is CCCCCCCCCCCCCCCCCCO.CCCCCCCCCCCCCCCCCCO.CCCCCCCCCCCCCCCCCCO[C@H]1CC[C@@H](COC(=O)CCN(C)C)O1. The van der Waals surface area contributed by atoms with Crippen LogP contribution in [0.15, 0.2) is 0 Å². The van der Waals surface area contributed by atoms with Crippen molar-refractivity contribution in [1.82, 2.24) is 4.90 Å². The molecule has 0 bridgehead atoms. The van der Waals surface area contributed by atoms with Crippen molar-refractivity contribution in [2.24, 2.45) is 0 Å². The van der Waals surface area contributed by atoms with Crippen LogP contribution in [0.4, 0.5) is 0 Å². The molecule has 1 fully saturated rings. The molecule has 0 aromatic heterocycles. The Kier molecular flexibility index (Phi) is 66.6. The quantitative estimate of drug-likeness (QED) is 0.0463. The molecule has 0 aromatic carbocycles. The zero-order valence-electron chi connectivity index (χ0n) is 49.2. The molecular formula is C64H131NO6. The van der Waals surface area contributed by atoms with Gasteiger partial charge in [-0.2, -0.15) is 0 Å². The molecule has 2 atom stereocenters. The van der Waals surface area contributed by atoms with E-state index in [2.05, 4.69) is 20.8 Å². The van der Waals surface area contributed by atoms with Crippen molar-refractivity contribution in [3.63, 3.8) is 0 Å².